The highest BCUT2D eigenvalue weighted by Gasteiger charge is 2.34. The smallest absolute Gasteiger partial charge is 0.179 e. The van der Waals surface area contributed by atoms with Gasteiger partial charge in [-0.05, 0) is 30.9 Å². The van der Waals surface area contributed by atoms with Crippen molar-refractivity contribution < 1.29 is 13.5 Å². The van der Waals surface area contributed by atoms with Crippen molar-refractivity contribution in [2.75, 3.05) is 5.75 Å². The highest BCUT2D eigenvalue weighted by atomic mass is 32.2. The Labute approximate surface area is 102 Å². The molecule has 1 N–H and O–H groups in total. The standard InChI is InChI=1S/C13H18O3S/c1-9-8-17(15,16)12-10(7-13(2,3)14)5-4-6-11(9)12/h4-6,9,14H,7-8H2,1-3H3. The van der Waals surface area contributed by atoms with Crippen LogP contribution in [0.2, 0.25) is 0 Å². The van der Waals surface area contributed by atoms with E-state index in [4.69, 9.17) is 0 Å². The minimum absolute atomic E-state index is 0.0526. The monoisotopic (exact) mass is 254 g/mol. The van der Waals surface area contributed by atoms with Crippen LogP contribution in [0, 0.1) is 0 Å². The number of sulfone groups is 1. The molecular weight excluding hydrogens is 236 g/mol. The zero-order valence-electron chi connectivity index (χ0n) is 10.4. The Morgan fingerprint density at radius 2 is 2.06 bits per heavy atom. The highest BCUT2D eigenvalue weighted by molar-refractivity contribution is 7.91. The summed E-state index contributed by atoms with van der Waals surface area (Å²) >= 11 is 0. The Hall–Kier alpha value is -0.870. The van der Waals surface area contributed by atoms with Gasteiger partial charge in [-0.1, -0.05) is 25.1 Å². The molecule has 94 valence electrons. The van der Waals surface area contributed by atoms with Gasteiger partial charge in [-0.3, -0.25) is 0 Å². The fourth-order valence-electron chi connectivity index (χ4n) is 2.48. The van der Waals surface area contributed by atoms with E-state index in [0.29, 0.717) is 11.3 Å². The lowest BCUT2D eigenvalue weighted by Crippen LogP contribution is -2.23. The third-order valence-corrected chi connectivity index (χ3v) is 5.12. The summed E-state index contributed by atoms with van der Waals surface area (Å²) in [7, 11) is -3.17. The Balaban J connectivity index is 2.58. The molecule has 1 aliphatic heterocycles. The average Bonchev–Trinajstić information content (AvgIpc) is 2.35. The molecule has 1 atom stereocenters. The summed E-state index contributed by atoms with van der Waals surface area (Å²) in [6.45, 7) is 5.31. The lowest BCUT2D eigenvalue weighted by atomic mass is 9.94. The molecule has 0 spiro atoms. The van der Waals surface area contributed by atoms with Gasteiger partial charge in [0, 0.05) is 6.42 Å². The fraction of sp³-hybridized carbons (Fsp3) is 0.538. The summed E-state index contributed by atoms with van der Waals surface area (Å²) < 4.78 is 24.2. The maximum Gasteiger partial charge on any atom is 0.179 e. The summed E-state index contributed by atoms with van der Waals surface area (Å²) in [5.41, 5.74) is 0.738. The molecule has 0 amide bonds. The second-order valence-corrected chi connectivity index (χ2v) is 7.48. The molecule has 17 heavy (non-hydrogen) atoms. The van der Waals surface area contributed by atoms with Crippen molar-refractivity contribution >= 4 is 9.84 Å². The van der Waals surface area contributed by atoms with Crippen LogP contribution in [-0.2, 0) is 16.3 Å². The molecule has 0 saturated heterocycles. The molecule has 3 nitrogen and oxygen atoms in total. The maximum atomic E-state index is 12.1. The minimum Gasteiger partial charge on any atom is -0.390 e. The van der Waals surface area contributed by atoms with E-state index >= 15 is 0 Å². The van der Waals surface area contributed by atoms with Crippen molar-refractivity contribution in [2.45, 2.75) is 43.6 Å². The molecule has 1 aromatic rings. The van der Waals surface area contributed by atoms with E-state index in [1.165, 1.54) is 0 Å². The Kier molecular flexibility index (Phi) is 2.83. The molecule has 2 rings (SSSR count). The van der Waals surface area contributed by atoms with Crippen LogP contribution in [0.5, 0.6) is 0 Å². The van der Waals surface area contributed by atoms with Gasteiger partial charge in [0.2, 0.25) is 0 Å². The van der Waals surface area contributed by atoms with Crippen LogP contribution in [0.4, 0.5) is 0 Å². The zero-order valence-corrected chi connectivity index (χ0v) is 11.2. The maximum absolute atomic E-state index is 12.1. The summed E-state index contributed by atoms with van der Waals surface area (Å²) in [6, 6.07) is 5.54. The molecule has 4 heteroatoms. The van der Waals surface area contributed by atoms with Gasteiger partial charge in [0.05, 0.1) is 16.2 Å². The zero-order chi connectivity index (χ0) is 12.8. The van der Waals surface area contributed by atoms with Gasteiger partial charge in [-0.15, -0.1) is 0 Å². The summed E-state index contributed by atoms with van der Waals surface area (Å²) in [4.78, 5) is 0.453. The first-order valence-electron chi connectivity index (χ1n) is 5.78. The van der Waals surface area contributed by atoms with Crippen LogP contribution in [0.1, 0.15) is 37.8 Å². The van der Waals surface area contributed by atoms with Crippen molar-refractivity contribution in [3.63, 3.8) is 0 Å². The number of hydrogen-bond acceptors (Lipinski definition) is 3. The normalized spacial score (nSPS) is 22.5. The van der Waals surface area contributed by atoms with Gasteiger partial charge in [-0.2, -0.15) is 0 Å². The largest absolute Gasteiger partial charge is 0.390 e. The van der Waals surface area contributed by atoms with E-state index in [9.17, 15) is 13.5 Å². The Morgan fingerprint density at radius 3 is 2.65 bits per heavy atom. The second-order valence-electron chi connectivity index (χ2n) is 5.51. The van der Waals surface area contributed by atoms with Gasteiger partial charge in [-0.25, -0.2) is 8.42 Å². The van der Waals surface area contributed by atoms with Gasteiger partial charge >= 0.3 is 0 Å². The van der Waals surface area contributed by atoms with Crippen LogP contribution in [0.25, 0.3) is 0 Å². The molecule has 1 aliphatic rings. The van der Waals surface area contributed by atoms with Crippen molar-refractivity contribution in [3.8, 4) is 0 Å². The first kappa shape index (κ1) is 12.6. The molecule has 1 unspecified atom stereocenters. The van der Waals surface area contributed by atoms with Gasteiger partial charge in [0.25, 0.3) is 0 Å². The number of fused-ring (bicyclic) bond motifs is 1. The quantitative estimate of drug-likeness (QED) is 0.877. The topological polar surface area (TPSA) is 54.4 Å². The average molecular weight is 254 g/mol. The molecule has 1 heterocycles. The molecule has 0 saturated carbocycles. The summed E-state index contributed by atoms with van der Waals surface area (Å²) in [6.07, 6.45) is 0.363. The van der Waals surface area contributed by atoms with Crippen molar-refractivity contribution in [1.82, 2.24) is 0 Å². The van der Waals surface area contributed by atoms with Crippen LogP contribution in [0.15, 0.2) is 23.1 Å². The highest BCUT2D eigenvalue weighted by Crippen LogP contribution is 2.37. The number of benzene rings is 1. The predicted molar refractivity (Wildman–Crippen MR) is 66.9 cm³/mol. The lowest BCUT2D eigenvalue weighted by molar-refractivity contribution is 0.0803. The number of rotatable bonds is 2. The molecule has 1 aromatic carbocycles. The van der Waals surface area contributed by atoms with E-state index in [0.717, 1.165) is 11.1 Å². The number of hydrogen-bond donors (Lipinski definition) is 1. The van der Waals surface area contributed by atoms with E-state index in [2.05, 4.69) is 0 Å². The first-order valence-corrected chi connectivity index (χ1v) is 7.43. The first-order chi connectivity index (χ1) is 7.71. The van der Waals surface area contributed by atoms with Crippen molar-refractivity contribution in [2.24, 2.45) is 0 Å². The predicted octanol–water partition coefficient (Wildman–Crippen LogP) is 1.89. The molecule has 0 fully saturated rings. The van der Waals surface area contributed by atoms with Crippen molar-refractivity contribution in [3.05, 3.63) is 29.3 Å². The van der Waals surface area contributed by atoms with Crippen LogP contribution in [0.3, 0.4) is 0 Å². The van der Waals surface area contributed by atoms with Crippen molar-refractivity contribution in [1.29, 1.82) is 0 Å². The third-order valence-electron chi connectivity index (χ3n) is 3.06. The molecule has 0 aromatic heterocycles. The third kappa shape index (κ3) is 2.38. The fourth-order valence-corrected chi connectivity index (χ4v) is 4.65. The molecular formula is C13H18O3S. The Morgan fingerprint density at radius 1 is 1.41 bits per heavy atom. The lowest BCUT2D eigenvalue weighted by Gasteiger charge is -2.19. The Bertz CT molecular complexity index is 538. The summed E-state index contributed by atoms with van der Waals surface area (Å²) in [5.74, 6) is 0.238. The van der Waals surface area contributed by atoms with Gasteiger partial charge in [0.1, 0.15) is 0 Å². The minimum atomic E-state index is -3.17. The van der Waals surface area contributed by atoms with Crippen LogP contribution in [-0.4, -0.2) is 24.9 Å². The molecule has 0 bridgehead atoms. The van der Waals surface area contributed by atoms with E-state index < -0.39 is 15.4 Å². The van der Waals surface area contributed by atoms with E-state index in [1.807, 2.05) is 19.1 Å². The number of aliphatic hydroxyl groups is 1. The van der Waals surface area contributed by atoms with Crippen LogP contribution < -0.4 is 0 Å². The van der Waals surface area contributed by atoms with Crippen LogP contribution >= 0.6 is 0 Å². The van der Waals surface area contributed by atoms with Gasteiger partial charge < -0.3 is 5.11 Å². The van der Waals surface area contributed by atoms with E-state index in [1.54, 1.807) is 19.9 Å². The molecule has 0 radical (unpaired) electrons. The summed E-state index contributed by atoms with van der Waals surface area (Å²) in [5, 5.41) is 9.84. The second kappa shape index (κ2) is 3.82. The molecule has 0 aliphatic carbocycles. The van der Waals surface area contributed by atoms with E-state index in [-0.39, 0.29) is 11.7 Å². The van der Waals surface area contributed by atoms with Gasteiger partial charge in [0.15, 0.2) is 9.84 Å². The SMILES string of the molecule is CC1CS(=O)(=O)c2c(CC(C)(C)O)cccc21.